The van der Waals surface area contributed by atoms with Gasteiger partial charge in [0.05, 0.1) is 10.3 Å². The van der Waals surface area contributed by atoms with Gasteiger partial charge in [0.15, 0.2) is 0 Å². The first-order chi connectivity index (χ1) is 6.50. The van der Waals surface area contributed by atoms with Crippen molar-refractivity contribution in [3.63, 3.8) is 0 Å². The lowest BCUT2D eigenvalue weighted by molar-refractivity contribution is -0.116. The van der Waals surface area contributed by atoms with E-state index < -0.39 is 0 Å². The number of Topliss-reactive ketones (excluding diaryl/α,β-unsaturated/α-hetero) is 1. The Kier molecular flexibility index (Phi) is 4.30. The zero-order valence-corrected chi connectivity index (χ0v) is 10.2. The predicted molar refractivity (Wildman–Crippen MR) is 62.5 cm³/mol. The third-order valence-electron chi connectivity index (χ3n) is 1.77. The summed E-state index contributed by atoms with van der Waals surface area (Å²) in [6, 6.07) is 5.27. The molecule has 0 fully saturated rings. The number of hydrogen-bond acceptors (Lipinski definition) is 2. The third kappa shape index (κ3) is 3.19. The van der Waals surface area contributed by atoms with Gasteiger partial charge in [0, 0.05) is 9.92 Å². The van der Waals surface area contributed by atoms with E-state index in [0.717, 1.165) is 4.90 Å². The molecule has 4 heteroatoms. The summed E-state index contributed by atoms with van der Waals surface area (Å²) in [5, 5.41) is 1.12. The van der Waals surface area contributed by atoms with Crippen molar-refractivity contribution in [1.29, 1.82) is 0 Å². The fraction of sp³-hybridized carbons (Fsp3) is 0.300. The van der Waals surface area contributed by atoms with Crippen LogP contribution in [0.1, 0.15) is 13.8 Å². The highest BCUT2D eigenvalue weighted by Gasteiger charge is 2.11. The molecule has 0 amide bonds. The van der Waals surface area contributed by atoms with Crippen LogP contribution in [-0.2, 0) is 4.79 Å². The molecule has 0 bridgehead atoms. The summed E-state index contributed by atoms with van der Waals surface area (Å²) in [7, 11) is 0. The van der Waals surface area contributed by atoms with E-state index in [1.807, 2.05) is 13.0 Å². The van der Waals surface area contributed by atoms with Crippen LogP contribution in [0.3, 0.4) is 0 Å². The van der Waals surface area contributed by atoms with Crippen LogP contribution in [-0.4, -0.2) is 11.0 Å². The van der Waals surface area contributed by atoms with Crippen molar-refractivity contribution in [2.45, 2.75) is 24.0 Å². The minimum absolute atomic E-state index is 0.0753. The van der Waals surface area contributed by atoms with Gasteiger partial charge in [0.1, 0.15) is 5.78 Å². The molecular formula is C10H10Cl2OS. The van der Waals surface area contributed by atoms with E-state index in [9.17, 15) is 4.79 Å². The second kappa shape index (κ2) is 5.06. The van der Waals surface area contributed by atoms with Gasteiger partial charge >= 0.3 is 0 Å². The topological polar surface area (TPSA) is 17.1 Å². The minimum atomic E-state index is -0.0753. The molecule has 0 aliphatic heterocycles. The number of carbonyl (C=O) groups is 1. The van der Waals surface area contributed by atoms with Crippen molar-refractivity contribution in [1.82, 2.24) is 0 Å². The Morgan fingerprint density at radius 1 is 1.43 bits per heavy atom. The van der Waals surface area contributed by atoms with Crippen LogP contribution in [0.15, 0.2) is 23.1 Å². The van der Waals surface area contributed by atoms with Gasteiger partial charge in [-0.15, -0.1) is 11.8 Å². The summed E-state index contributed by atoms with van der Waals surface area (Å²) >= 11 is 13.2. The average molecular weight is 249 g/mol. The quantitative estimate of drug-likeness (QED) is 0.751. The molecule has 0 heterocycles. The summed E-state index contributed by atoms with van der Waals surface area (Å²) in [5.74, 6) is 0.140. The average Bonchev–Trinajstić information content (AvgIpc) is 2.09. The Bertz CT molecular complexity index is 352. The SMILES string of the molecule is CC(=O)C(C)Sc1ccc(Cl)cc1Cl. The van der Waals surface area contributed by atoms with E-state index in [-0.39, 0.29) is 11.0 Å². The number of rotatable bonds is 3. The highest BCUT2D eigenvalue weighted by molar-refractivity contribution is 8.00. The van der Waals surface area contributed by atoms with Crippen molar-refractivity contribution in [3.8, 4) is 0 Å². The summed E-state index contributed by atoms with van der Waals surface area (Å²) in [6.07, 6.45) is 0. The summed E-state index contributed by atoms with van der Waals surface area (Å²) in [5.41, 5.74) is 0. The Balaban J connectivity index is 2.82. The molecule has 0 radical (unpaired) electrons. The molecule has 0 saturated carbocycles. The van der Waals surface area contributed by atoms with E-state index in [1.165, 1.54) is 11.8 Å². The predicted octanol–water partition coefficient (Wildman–Crippen LogP) is 4.06. The van der Waals surface area contributed by atoms with Gasteiger partial charge in [-0.2, -0.15) is 0 Å². The molecule has 1 aromatic rings. The van der Waals surface area contributed by atoms with Gasteiger partial charge in [0.2, 0.25) is 0 Å². The van der Waals surface area contributed by atoms with E-state index in [2.05, 4.69) is 0 Å². The maximum atomic E-state index is 11.0. The highest BCUT2D eigenvalue weighted by Crippen LogP contribution is 2.32. The summed E-state index contributed by atoms with van der Waals surface area (Å²) in [6.45, 7) is 3.43. The highest BCUT2D eigenvalue weighted by atomic mass is 35.5. The Hall–Kier alpha value is -0.180. The molecule has 1 unspecified atom stereocenters. The van der Waals surface area contributed by atoms with Gasteiger partial charge in [0.25, 0.3) is 0 Å². The normalized spacial score (nSPS) is 12.6. The van der Waals surface area contributed by atoms with Crippen LogP contribution < -0.4 is 0 Å². The van der Waals surface area contributed by atoms with Crippen LogP contribution in [0, 0.1) is 0 Å². The number of carbonyl (C=O) groups excluding carboxylic acids is 1. The Labute approximate surface area is 97.8 Å². The first-order valence-electron chi connectivity index (χ1n) is 4.13. The standard InChI is InChI=1S/C10H10Cl2OS/c1-6(13)7(2)14-10-4-3-8(11)5-9(10)12/h3-5,7H,1-2H3. The Morgan fingerprint density at radius 3 is 2.57 bits per heavy atom. The van der Waals surface area contributed by atoms with E-state index in [0.29, 0.717) is 10.0 Å². The molecule has 0 spiro atoms. The van der Waals surface area contributed by atoms with Gasteiger partial charge in [-0.05, 0) is 32.0 Å². The number of ketones is 1. The van der Waals surface area contributed by atoms with Crippen molar-refractivity contribution in [2.75, 3.05) is 0 Å². The zero-order valence-electron chi connectivity index (χ0n) is 7.88. The monoisotopic (exact) mass is 248 g/mol. The second-order valence-electron chi connectivity index (χ2n) is 2.95. The van der Waals surface area contributed by atoms with Crippen molar-refractivity contribution in [2.24, 2.45) is 0 Å². The van der Waals surface area contributed by atoms with Crippen molar-refractivity contribution < 1.29 is 4.79 Å². The lowest BCUT2D eigenvalue weighted by atomic mass is 10.3. The van der Waals surface area contributed by atoms with Crippen LogP contribution in [0.4, 0.5) is 0 Å². The van der Waals surface area contributed by atoms with Crippen LogP contribution in [0.5, 0.6) is 0 Å². The maximum absolute atomic E-state index is 11.0. The fourth-order valence-corrected chi connectivity index (χ4v) is 2.25. The number of benzene rings is 1. The van der Waals surface area contributed by atoms with Gasteiger partial charge in [-0.3, -0.25) is 4.79 Å². The molecule has 0 aliphatic rings. The molecule has 0 saturated heterocycles. The second-order valence-corrected chi connectivity index (χ2v) is 5.17. The number of hydrogen-bond donors (Lipinski definition) is 0. The van der Waals surface area contributed by atoms with Gasteiger partial charge < -0.3 is 0 Å². The van der Waals surface area contributed by atoms with Crippen molar-refractivity contribution in [3.05, 3.63) is 28.2 Å². The lowest BCUT2D eigenvalue weighted by Gasteiger charge is -2.08. The number of halogens is 2. The first-order valence-corrected chi connectivity index (χ1v) is 5.76. The molecule has 14 heavy (non-hydrogen) atoms. The molecule has 76 valence electrons. The molecule has 1 atom stereocenters. The Morgan fingerprint density at radius 2 is 2.07 bits per heavy atom. The van der Waals surface area contributed by atoms with Crippen LogP contribution >= 0.6 is 35.0 Å². The van der Waals surface area contributed by atoms with E-state index in [4.69, 9.17) is 23.2 Å². The van der Waals surface area contributed by atoms with Crippen LogP contribution in [0.25, 0.3) is 0 Å². The van der Waals surface area contributed by atoms with E-state index in [1.54, 1.807) is 19.1 Å². The third-order valence-corrected chi connectivity index (χ3v) is 3.73. The van der Waals surface area contributed by atoms with Crippen LogP contribution in [0.2, 0.25) is 10.0 Å². The largest absolute Gasteiger partial charge is 0.299 e. The van der Waals surface area contributed by atoms with Crippen molar-refractivity contribution >= 4 is 40.7 Å². The molecular weight excluding hydrogens is 239 g/mol. The lowest BCUT2D eigenvalue weighted by Crippen LogP contribution is -2.07. The molecule has 0 aromatic heterocycles. The van der Waals surface area contributed by atoms with E-state index >= 15 is 0 Å². The maximum Gasteiger partial charge on any atom is 0.142 e. The molecule has 0 N–H and O–H groups in total. The smallest absolute Gasteiger partial charge is 0.142 e. The molecule has 1 aromatic carbocycles. The fourth-order valence-electron chi connectivity index (χ4n) is 0.844. The number of thioether (sulfide) groups is 1. The first kappa shape index (κ1) is 11.9. The summed E-state index contributed by atoms with van der Waals surface area (Å²) in [4.78, 5) is 11.9. The zero-order chi connectivity index (χ0) is 10.7. The van der Waals surface area contributed by atoms with Gasteiger partial charge in [-0.1, -0.05) is 23.2 Å². The summed E-state index contributed by atoms with van der Waals surface area (Å²) < 4.78 is 0. The minimum Gasteiger partial charge on any atom is -0.299 e. The molecule has 1 rings (SSSR count). The molecule has 0 aliphatic carbocycles. The molecule has 1 nitrogen and oxygen atoms in total. The van der Waals surface area contributed by atoms with Gasteiger partial charge in [-0.25, -0.2) is 0 Å².